The summed E-state index contributed by atoms with van der Waals surface area (Å²) >= 11 is 0. The number of nitrogens with zero attached hydrogens (tertiary/aromatic N) is 1. The Kier molecular flexibility index (Phi) is 3.61. The van der Waals surface area contributed by atoms with Crippen molar-refractivity contribution in [3.8, 4) is 0 Å². The predicted octanol–water partition coefficient (Wildman–Crippen LogP) is 2.84. The van der Waals surface area contributed by atoms with Crippen LogP contribution in [0.2, 0.25) is 0 Å². The Morgan fingerprint density at radius 2 is 1.83 bits per heavy atom. The van der Waals surface area contributed by atoms with Gasteiger partial charge in [-0.25, -0.2) is 0 Å². The second kappa shape index (κ2) is 5.02. The first-order chi connectivity index (χ1) is 8.50. The highest BCUT2D eigenvalue weighted by Gasteiger charge is 2.34. The van der Waals surface area contributed by atoms with Crippen molar-refractivity contribution in [2.75, 3.05) is 18.0 Å². The van der Waals surface area contributed by atoms with Crippen LogP contribution in [0.15, 0.2) is 35.9 Å². The van der Waals surface area contributed by atoms with Gasteiger partial charge in [-0.3, -0.25) is 0 Å². The molecule has 2 rings (SSSR count). The van der Waals surface area contributed by atoms with Crippen LogP contribution in [0, 0.1) is 0 Å². The molecule has 5 heteroatoms. The summed E-state index contributed by atoms with van der Waals surface area (Å²) < 4.78 is 37.4. The van der Waals surface area contributed by atoms with Crippen LogP contribution in [-0.2, 0) is 6.54 Å². The number of hydrogen-bond acceptors (Lipinski definition) is 2. The lowest BCUT2D eigenvalue weighted by molar-refractivity contribution is -0.0943. The van der Waals surface area contributed by atoms with E-state index in [4.69, 9.17) is 5.73 Å². The first-order valence-electron chi connectivity index (χ1n) is 5.81. The van der Waals surface area contributed by atoms with Gasteiger partial charge >= 0.3 is 6.18 Å². The van der Waals surface area contributed by atoms with Gasteiger partial charge in [-0.05, 0) is 24.1 Å². The van der Waals surface area contributed by atoms with Crippen molar-refractivity contribution in [2.24, 2.45) is 5.73 Å². The molecule has 0 fully saturated rings. The predicted molar refractivity (Wildman–Crippen MR) is 65.3 cm³/mol. The number of nitrogens with two attached hydrogens (primary N) is 1. The fourth-order valence-electron chi connectivity index (χ4n) is 2.00. The number of benzene rings is 1. The first-order valence-corrected chi connectivity index (χ1v) is 5.81. The molecule has 0 atom stereocenters. The Bertz CT molecular complexity index is 435. The Balaban J connectivity index is 2.07. The Morgan fingerprint density at radius 1 is 1.17 bits per heavy atom. The van der Waals surface area contributed by atoms with Crippen molar-refractivity contribution < 1.29 is 13.2 Å². The van der Waals surface area contributed by atoms with E-state index in [-0.39, 0.29) is 6.42 Å². The minimum atomic E-state index is -4.19. The smallest absolute Gasteiger partial charge is 0.367 e. The van der Waals surface area contributed by atoms with E-state index in [1.54, 1.807) is 0 Å². The number of hydrogen-bond donors (Lipinski definition) is 1. The molecule has 0 aromatic heterocycles. The van der Waals surface area contributed by atoms with Gasteiger partial charge in [0, 0.05) is 30.9 Å². The molecule has 2 nitrogen and oxygen atoms in total. The highest BCUT2D eigenvalue weighted by molar-refractivity contribution is 5.49. The lowest BCUT2D eigenvalue weighted by Crippen LogP contribution is -2.31. The fourth-order valence-corrected chi connectivity index (χ4v) is 2.00. The van der Waals surface area contributed by atoms with Gasteiger partial charge in [-0.15, -0.1) is 0 Å². The van der Waals surface area contributed by atoms with Crippen molar-refractivity contribution in [3.63, 3.8) is 0 Å². The number of halogens is 3. The molecule has 2 N–H and O–H groups in total. The van der Waals surface area contributed by atoms with Crippen LogP contribution >= 0.6 is 0 Å². The second-order valence-corrected chi connectivity index (χ2v) is 4.29. The lowest BCUT2D eigenvalue weighted by Gasteiger charge is -2.29. The van der Waals surface area contributed by atoms with E-state index in [0.717, 1.165) is 11.3 Å². The summed E-state index contributed by atoms with van der Waals surface area (Å²) in [6, 6.07) is 7.60. The average Bonchev–Trinajstić information content (AvgIpc) is 2.38. The Labute approximate surface area is 104 Å². The molecule has 98 valence electrons. The van der Waals surface area contributed by atoms with Crippen LogP contribution in [0.4, 0.5) is 18.9 Å². The van der Waals surface area contributed by atoms with E-state index in [1.165, 1.54) is 6.08 Å². The highest BCUT2D eigenvalue weighted by atomic mass is 19.4. The average molecular weight is 256 g/mol. The van der Waals surface area contributed by atoms with Crippen molar-refractivity contribution in [3.05, 3.63) is 41.5 Å². The molecule has 0 aliphatic carbocycles. The normalized spacial score (nSPS) is 16.7. The molecule has 0 bridgehead atoms. The van der Waals surface area contributed by atoms with E-state index in [9.17, 15) is 13.2 Å². The van der Waals surface area contributed by atoms with Crippen molar-refractivity contribution >= 4 is 5.69 Å². The van der Waals surface area contributed by atoms with Crippen molar-refractivity contribution in [2.45, 2.75) is 19.1 Å². The minimum Gasteiger partial charge on any atom is -0.367 e. The molecule has 1 aromatic rings. The third-order valence-electron chi connectivity index (χ3n) is 3.11. The molecule has 1 heterocycles. The van der Waals surface area contributed by atoms with Crippen LogP contribution in [0.3, 0.4) is 0 Å². The summed E-state index contributed by atoms with van der Waals surface area (Å²) in [7, 11) is 0. The Hall–Kier alpha value is -1.49. The standard InChI is InChI=1S/C13H15F3N2/c14-13(15,16)11-5-7-18(8-6-11)12-3-1-10(9-17)2-4-12/h1-5H,6-9,17H2. The number of alkyl halides is 3. The lowest BCUT2D eigenvalue weighted by atomic mass is 10.1. The van der Waals surface area contributed by atoms with Gasteiger partial charge in [0.25, 0.3) is 0 Å². The van der Waals surface area contributed by atoms with Gasteiger partial charge in [-0.1, -0.05) is 18.2 Å². The quantitative estimate of drug-likeness (QED) is 0.824. The van der Waals surface area contributed by atoms with Gasteiger partial charge in [-0.2, -0.15) is 13.2 Å². The van der Waals surface area contributed by atoms with E-state index < -0.39 is 11.7 Å². The van der Waals surface area contributed by atoms with Gasteiger partial charge in [0.1, 0.15) is 0 Å². The van der Waals surface area contributed by atoms with Gasteiger partial charge < -0.3 is 10.6 Å². The van der Waals surface area contributed by atoms with Crippen LogP contribution in [0.1, 0.15) is 12.0 Å². The second-order valence-electron chi connectivity index (χ2n) is 4.29. The molecular weight excluding hydrogens is 241 g/mol. The molecule has 1 aromatic carbocycles. The molecule has 18 heavy (non-hydrogen) atoms. The van der Waals surface area contributed by atoms with Gasteiger partial charge in [0.05, 0.1) is 0 Å². The molecule has 0 amide bonds. The third-order valence-corrected chi connectivity index (χ3v) is 3.11. The molecule has 1 aliphatic rings. The largest absolute Gasteiger partial charge is 0.412 e. The van der Waals surface area contributed by atoms with Gasteiger partial charge in [0.15, 0.2) is 0 Å². The number of anilines is 1. The summed E-state index contributed by atoms with van der Waals surface area (Å²) in [5, 5.41) is 0. The zero-order valence-corrected chi connectivity index (χ0v) is 9.87. The van der Waals surface area contributed by atoms with E-state index >= 15 is 0 Å². The van der Waals surface area contributed by atoms with E-state index in [0.29, 0.717) is 19.6 Å². The van der Waals surface area contributed by atoms with E-state index in [2.05, 4.69) is 0 Å². The molecular formula is C13H15F3N2. The Morgan fingerprint density at radius 3 is 2.28 bits per heavy atom. The summed E-state index contributed by atoms with van der Waals surface area (Å²) in [5.74, 6) is 0. The maximum Gasteiger partial charge on any atom is 0.412 e. The molecule has 0 saturated carbocycles. The molecule has 0 spiro atoms. The van der Waals surface area contributed by atoms with E-state index in [1.807, 2.05) is 29.2 Å². The summed E-state index contributed by atoms with van der Waals surface area (Å²) in [4.78, 5) is 1.93. The maximum absolute atomic E-state index is 12.5. The maximum atomic E-state index is 12.5. The zero-order chi connectivity index (χ0) is 13.2. The number of rotatable bonds is 2. The monoisotopic (exact) mass is 256 g/mol. The minimum absolute atomic E-state index is 0.0438. The molecule has 0 radical (unpaired) electrons. The van der Waals surface area contributed by atoms with Crippen molar-refractivity contribution in [1.82, 2.24) is 0 Å². The highest BCUT2D eigenvalue weighted by Crippen LogP contribution is 2.31. The zero-order valence-electron chi connectivity index (χ0n) is 9.87. The summed E-state index contributed by atoms with van der Waals surface area (Å²) in [5.41, 5.74) is 7.03. The summed E-state index contributed by atoms with van der Waals surface area (Å²) in [6.45, 7) is 1.17. The van der Waals surface area contributed by atoms with Crippen LogP contribution in [0.5, 0.6) is 0 Å². The van der Waals surface area contributed by atoms with Crippen LogP contribution < -0.4 is 10.6 Å². The topological polar surface area (TPSA) is 29.3 Å². The summed E-state index contributed by atoms with van der Waals surface area (Å²) in [6.07, 6.45) is -2.88. The van der Waals surface area contributed by atoms with Crippen molar-refractivity contribution in [1.29, 1.82) is 0 Å². The third kappa shape index (κ3) is 2.85. The molecule has 0 saturated heterocycles. The SMILES string of the molecule is NCc1ccc(N2CC=C(C(F)(F)F)CC2)cc1. The molecule has 0 unspecified atom stereocenters. The van der Waals surface area contributed by atoms with Gasteiger partial charge in [0.2, 0.25) is 0 Å². The fraction of sp³-hybridized carbons (Fsp3) is 0.385. The first kappa shape index (κ1) is 13.0. The molecule has 1 aliphatic heterocycles. The van der Waals surface area contributed by atoms with Crippen LogP contribution in [0.25, 0.3) is 0 Å². The van der Waals surface area contributed by atoms with Crippen LogP contribution in [-0.4, -0.2) is 19.3 Å².